The first-order chi connectivity index (χ1) is 8.30. The molecule has 2 rings (SSSR count). The van der Waals surface area contributed by atoms with Gasteiger partial charge in [0.15, 0.2) is 0 Å². The summed E-state index contributed by atoms with van der Waals surface area (Å²) in [5.74, 6) is -5.07. The molecule has 1 fully saturated rings. The second kappa shape index (κ2) is 6.23. The van der Waals surface area contributed by atoms with Crippen LogP contribution in [0.3, 0.4) is 0 Å². The molecule has 1 amide bonds. The van der Waals surface area contributed by atoms with Gasteiger partial charge in [-0.1, -0.05) is 0 Å². The predicted octanol–water partition coefficient (Wildman–Crippen LogP) is -2.62. The first-order valence-corrected chi connectivity index (χ1v) is 6.04. The largest absolute Gasteiger partial charge is 1.00 e. The van der Waals surface area contributed by atoms with E-state index >= 15 is 0 Å². The Labute approximate surface area is 154 Å². The molecule has 0 spiro atoms. The van der Waals surface area contributed by atoms with Gasteiger partial charge in [0.1, 0.15) is 16.7 Å². The number of amides is 1. The van der Waals surface area contributed by atoms with Crippen molar-refractivity contribution in [2.24, 2.45) is 0 Å². The molecule has 0 aromatic carbocycles. The molecular formula is C10H9F2KN2O3S. The summed E-state index contributed by atoms with van der Waals surface area (Å²) >= 11 is 0.738. The number of halogens is 2. The smallest absolute Gasteiger partial charge is 0.542 e. The Kier molecular flexibility index (Phi) is 5.61. The molecule has 1 aliphatic heterocycles. The number of carboxylic acids is 1. The van der Waals surface area contributed by atoms with Gasteiger partial charge >= 0.3 is 51.4 Å². The number of carbonyl (C=O) groups is 2. The van der Waals surface area contributed by atoms with Gasteiger partial charge in [-0.15, -0.1) is 11.3 Å². The Morgan fingerprint density at radius 2 is 2.21 bits per heavy atom. The molecule has 0 radical (unpaired) electrons. The zero-order chi connectivity index (χ0) is 13.5. The van der Waals surface area contributed by atoms with E-state index in [0.29, 0.717) is 0 Å². The van der Waals surface area contributed by atoms with Crippen LogP contribution in [0, 0.1) is 0 Å². The minimum absolute atomic E-state index is 0. The number of aromatic nitrogens is 1. The summed E-state index contributed by atoms with van der Waals surface area (Å²) in [6, 6.07) is -0.597. The average Bonchev–Trinajstić information content (AvgIpc) is 2.81. The quantitative estimate of drug-likeness (QED) is 0.560. The van der Waals surface area contributed by atoms with Gasteiger partial charge < -0.3 is 14.8 Å². The van der Waals surface area contributed by atoms with Crippen molar-refractivity contribution in [1.29, 1.82) is 0 Å². The summed E-state index contributed by atoms with van der Waals surface area (Å²) in [5.41, 5.74) is -0.135. The fraction of sp³-hybridized carbons (Fsp3) is 0.500. The van der Waals surface area contributed by atoms with E-state index in [-0.39, 0.29) is 62.1 Å². The van der Waals surface area contributed by atoms with Crippen LogP contribution in [0.25, 0.3) is 0 Å². The molecule has 19 heavy (non-hydrogen) atoms. The zero-order valence-electron chi connectivity index (χ0n) is 10.4. The molecule has 1 aromatic rings. The van der Waals surface area contributed by atoms with Crippen LogP contribution in [0.4, 0.5) is 8.78 Å². The van der Waals surface area contributed by atoms with Crippen LogP contribution in [-0.4, -0.2) is 40.3 Å². The molecule has 0 N–H and O–H groups in total. The molecular weight excluding hydrogens is 305 g/mol. The van der Waals surface area contributed by atoms with Crippen molar-refractivity contribution in [2.45, 2.75) is 25.3 Å². The molecule has 0 aliphatic carbocycles. The standard InChI is InChI=1S/C10H10F2N2O3S.K/c1-5-2-10(11,12)4-14(5)8(15)6-3-18-7(13-6)9(16)17;/h3,5H,2,4H2,1H3,(H,16,17);/q;+1/p-1/t5-;/m0./s1. The number of alkyl halides is 2. The molecule has 98 valence electrons. The van der Waals surface area contributed by atoms with Crippen molar-refractivity contribution in [3.8, 4) is 0 Å². The average molecular weight is 314 g/mol. The summed E-state index contributed by atoms with van der Waals surface area (Å²) in [6.45, 7) is 0.857. The van der Waals surface area contributed by atoms with Crippen LogP contribution in [0.15, 0.2) is 5.38 Å². The van der Waals surface area contributed by atoms with E-state index in [0.717, 1.165) is 16.2 Å². The minimum atomic E-state index is -2.90. The van der Waals surface area contributed by atoms with Crippen molar-refractivity contribution in [3.63, 3.8) is 0 Å². The Balaban J connectivity index is 0.00000180. The van der Waals surface area contributed by atoms with Crippen molar-refractivity contribution in [2.75, 3.05) is 6.54 Å². The van der Waals surface area contributed by atoms with Gasteiger partial charge in [0.25, 0.3) is 11.8 Å². The van der Waals surface area contributed by atoms with E-state index < -0.39 is 36.8 Å². The summed E-state index contributed by atoms with van der Waals surface area (Å²) in [6.07, 6.45) is -0.393. The second-order valence-corrected chi connectivity index (χ2v) is 5.03. The summed E-state index contributed by atoms with van der Waals surface area (Å²) in [7, 11) is 0. The van der Waals surface area contributed by atoms with E-state index in [4.69, 9.17) is 0 Å². The Morgan fingerprint density at radius 3 is 2.63 bits per heavy atom. The summed E-state index contributed by atoms with van der Waals surface area (Å²) < 4.78 is 26.3. The number of hydrogen-bond donors (Lipinski definition) is 0. The Bertz CT molecular complexity index is 509. The van der Waals surface area contributed by atoms with Crippen molar-refractivity contribution >= 4 is 23.2 Å². The first kappa shape index (κ1) is 17.1. The van der Waals surface area contributed by atoms with Crippen LogP contribution in [0.2, 0.25) is 0 Å². The van der Waals surface area contributed by atoms with Gasteiger partial charge in [-0.3, -0.25) is 4.79 Å². The fourth-order valence-corrected chi connectivity index (χ4v) is 2.52. The number of nitrogens with zero attached hydrogens (tertiary/aromatic N) is 2. The normalized spacial score (nSPS) is 21.0. The molecule has 1 atom stereocenters. The van der Waals surface area contributed by atoms with Crippen LogP contribution in [0.1, 0.15) is 33.6 Å². The number of aromatic carboxylic acids is 1. The van der Waals surface area contributed by atoms with Crippen molar-refractivity contribution in [3.05, 3.63) is 16.1 Å². The SMILES string of the molecule is C[C@H]1CC(F)(F)CN1C(=O)c1csc(C(=O)[O-])n1.[K+]. The number of hydrogen-bond acceptors (Lipinski definition) is 5. The number of rotatable bonds is 2. The number of likely N-dealkylation sites (tertiary alicyclic amines) is 1. The third-order valence-corrected chi connectivity index (χ3v) is 3.51. The third-order valence-electron chi connectivity index (χ3n) is 2.69. The van der Waals surface area contributed by atoms with E-state index in [9.17, 15) is 23.5 Å². The maximum atomic E-state index is 13.1. The van der Waals surface area contributed by atoms with Crippen molar-refractivity contribution in [1.82, 2.24) is 9.88 Å². The maximum absolute atomic E-state index is 13.1. The molecule has 2 heterocycles. The van der Waals surface area contributed by atoms with Crippen LogP contribution in [0.5, 0.6) is 0 Å². The van der Waals surface area contributed by atoms with E-state index in [1.807, 2.05) is 0 Å². The topological polar surface area (TPSA) is 73.3 Å². The van der Waals surface area contributed by atoms with Crippen LogP contribution >= 0.6 is 11.3 Å². The number of carbonyl (C=O) groups excluding carboxylic acids is 2. The number of thiazole rings is 1. The van der Waals surface area contributed by atoms with Crippen LogP contribution < -0.4 is 56.5 Å². The monoisotopic (exact) mass is 314 g/mol. The molecule has 1 aliphatic rings. The minimum Gasteiger partial charge on any atom is -0.542 e. The Hall–Kier alpha value is 0.0664. The van der Waals surface area contributed by atoms with Gasteiger partial charge in [0.2, 0.25) is 0 Å². The third kappa shape index (κ3) is 3.79. The molecule has 0 saturated carbocycles. The number of carboxylic acid groups (broad SMARTS) is 1. The second-order valence-electron chi connectivity index (χ2n) is 4.17. The first-order valence-electron chi connectivity index (χ1n) is 5.16. The molecule has 1 saturated heterocycles. The van der Waals surface area contributed by atoms with E-state index in [1.54, 1.807) is 0 Å². The van der Waals surface area contributed by atoms with Gasteiger partial charge in [-0.25, -0.2) is 13.8 Å². The van der Waals surface area contributed by atoms with Crippen molar-refractivity contribution < 1.29 is 74.9 Å². The molecule has 5 nitrogen and oxygen atoms in total. The molecule has 1 aromatic heterocycles. The van der Waals surface area contributed by atoms with Crippen LogP contribution in [-0.2, 0) is 0 Å². The summed E-state index contributed by atoms with van der Waals surface area (Å²) in [4.78, 5) is 27.0. The summed E-state index contributed by atoms with van der Waals surface area (Å²) in [5, 5.41) is 11.4. The zero-order valence-corrected chi connectivity index (χ0v) is 14.3. The predicted molar refractivity (Wildman–Crippen MR) is 56.5 cm³/mol. The van der Waals surface area contributed by atoms with Gasteiger partial charge in [0.05, 0.1) is 6.54 Å². The van der Waals surface area contributed by atoms with Gasteiger partial charge in [-0.05, 0) is 6.92 Å². The van der Waals surface area contributed by atoms with E-state index in [1.165, 1.54) is 12.3 Å². The molecule has 9 heteroatoms. The molecule has 0 bridgehead atoms. The Morgan fingerprint density at radius 1 is 1.58 bits per heavy atom. The fourth-order valence-electron chi connectivity index (χ4n) is 1.90. The maximum Gasteiger partial charge on any atom is 1.00 e. The van der Waals surface area contributed by atoms with Gasteiger partial charge in [0, 0.05) is 17.8 Å². The van der Waals surface area contributed by atoms with E-state index in [2.05, 4.69) is 4.98 Å². The van der Waals surface area contributed by atoms with Gasteiger partial charge in [-0.2, -0.15) is 0 Å². The molecule has 0 unspecified atom stereocenters.